The summed E-state index contributed by atoms with van der Waals surface area (Å²) < 4.78 is 1.93. The molecule has 1 N–H and O–H groups in total. The van der Waals surface area contributed by atoms with Gasteiger partial charge < -0.3 is 10.1 Å². The van der Waals surface area contributed by atoms with Gasteiger partial charge in [0.05, 0.1) is 10.6 Å². The summed E-state index contributed by atoms with van der Waals surface area (Å²) in [5.74, 6) is 0.990. The Balaban J connectivity index is 0.000000228. The number of benzene rings is 2. The summed E-state index contributed by atoms with van der Waals surface area (Å²) in [7, 11) is 1.91. The van der Waals surface area contributed by atoms with Crippen LogP contribution in [0.25, 0.3) is 16.3 Å². The van der Waals surface area contributed by atoms with Crippen LogP contribution >= 0.6 is 11.3 Å². The van der Waals surface area contributed by atoms with Crippen LogP contribution in [-0.4, -0.2) is 29.9 Å². The molecule has 154 valence electrons. The summed E-state index contributed by atoms with van der Waals surface area (Å²) >= 11 is 1.70. The van der Waals surface area contributed by atoms with Crippen molar-refractivity contribution in [2.75, 3.05) is 12.4 Å². The lowest BCUT2D eigenvalue weighted by molar-refractivity contribution is -0.0980. The summed E-state index contributed by atoms with van der Waals surface area (Å²) in [6, 6.07) is 24.0. The number of carbonyl (C=O) groups is 2. The molecule has 0 saturated heterocycles. The van der Waals surface area contributed by atoms with Crippen molar-refractivity contribution in [2.24, 2.45) is 0 Å². The molecule has 6 heteroatoms. The van der Waals surface area contributed by atoms with E-state index in [1.165, 1.54) is 10.4 Å². The lowest BCUT2D eigenvalue weighted by Gasteiger charge is -2.05. The summed E-state index contributed by atoms with van der Waals surface area (Å²) in [5.41, 5.74) is 4.07. The van der Waals surface area contributed by atoms with Crippen molar-refractivity contribution < 1.29 is 9.59 Å². The Kier molecular flexibility index (Phi) is 9.21. The molecule has 0 bridgehead atoms. The number of aryl methyl sites for hydroxylation is 1. The van der Waals surface area contributed by atoms with Crippen molar-refractivity contribution in [3.8, 4) is 16.3 Å². The van der Waals surface area contributed by atoms with Gasteiger partial charge in [-0.1, -0.05) is 55.5 Å². The molecule has 0 aliphatic rings. The molecular weight excluding hydrogens is 394 g/mol. The van der Waals surface area contributed by atoms with Gasteiger partial charge in [-0.05, 0) is 35.6 Å². The fourth-order valence-corrected chi connectivity index (χ4v) is 3.38. The quantitative estimate of drug-likeness (QED) is 0.433. The van der Waals surface area contributed by atoms with Crippen LogP contribution in [0.15, 0.2) is 78.2 Å². The maximum atomic E-state index is 10.2. The van der Waals surface area contributed by atoms with E-state index in [9.17, 15) is 4.79 Å². The van der Waals surface area contributed by atoms with Gasteiger partial charge in [0.15, 0.2) is 0 Å². The number of thiophene rings is 1. The van der Waals surface area contributed by atoms with Crippen molar-refractivity contribution >= 4 is 30.2 Å². The molecule has 0 unspecified atom stereocenters. The molecule has 0 saturated carbocycles. The van der Waals surface area contributed by atoms with Crippen molar-refractivity contribution in [1.82, 2.24) is 9.78 Å². The zero-order valence-electron chi connectivity index (χ0n) is 17.1. The average Bonchev–Trinajstić information content (AvgIpc) is 3.51. The number of anilines is 1. The Morgan fingerprint density at radius 3 is 2.27 bits per heavy atom. The fraction of sp³-hybridized carbons (Fsp3) is 0.125. The molecule has 5 nitrogen and oxygen atoms in total. The largest absolute Gasteiger partial charge is 0.373 e. The second-order valence-corrected chi connectivity index (χ2v) is 7.05. The minimum Gasteiger partial charge on any atom is -0.373 e. The van der Waals surface area contributed by atoms with Gasteiger partial charge in [-0.15, -0.1) is 11.3 Å². The first-order valence-corrected chi connectivity index (χ1v) is 10.3. The van der Waals surface area contributed by atoms with Gasteiger partial charge in [0, 0.05) is 18.7 Å². The minimum absolute atomic E-state index is 0.747. The molecule has 4 rings (SSSR count). The first kappa shape index (κ1) is 22.8. The molecule has 0 spiro atoms. The molecule has 0 atom stereocenters. The lowest BCUT2D eigenvalue weighted by Crippen LogP contribution is -2.01. The van der Waals surface area contributed by atoms with E-state index in [2.05, 4.69) is 34.9 Å². The second-order valence-electron chi connectivity index (χ2n) is 6.10. The normalized spacial score (nSPS) is 9.53. The summed E-state index contributed by atoms with van der Waals surface area (Å²) in [6.07, 6.45) is 1.89. The topological polar surface area (TPSA) is 64.0 Å². The van der Waals surface area contributed by atoms with E-state index in [0.717, 1.165) is 35.5 Å². The van der Waals surface area contributed by atoms with Crippen molar-refractivity contribution in [3.05, 3.63) is 89.3 Å². The van der Waals surface area contributed by atoms with E-state index in [1.54, 1.807) is 11.3 Å². The van der Waals surface area contributed by atoms with Gasteiger partial charge >= 0.3 is 0 Å². The van der Waals surface area contributed by atoms with Crippen LogP contribution in [0, 0.1) is 0 Å². The number of nitrogens with one attached hydrogen (secondary N) is 1. The highest BCUT2D eigenvalue weighted by atomic mass is 32.1. The van der Waals surface area contributed by atoms with Gasteiger partial charge in [-0.2, -0.15) is 5.10 Å². The van der Waals surface area contributed by atoms with Crippen LogP contribution in [0.5, 0.6) is 0 Å². The number of aromatic nitrogens is 2. The molecule has 2 aromatic heterocycles. The van der Waals surface area contributed by atoms with Crippen LogP contribution in [0.1, 0.15) is 22.8 Å². The molecule has 0 aliphatic heterocycles. The minimum atomic E-state index is 0.747. The Labute approximate surface area is 181 Å². The van der Waals surface area contributed by atoms with E-state index >= 15 is 0 Å². The van der Waals surface area contributed by atoms with E-state index in [0.29, 0.717) is 0 Å². The number of para-hydroxylation sites is 1. The van der Waals surface area contributed by atoms with Gasteiger partial charge in [0.1, 0.15) is 24.6 Å². The van der Waals surface area contributed by atoms with E-state index in [-0.39, 0.29) is 0 Å². The molecule has 2 aromatic carbocycles. The predicted octanol–water partition coefficient (Wildman–Crippen LogP) is 5.52. The van der Waals surface area contributed by atoms with E-state index < -0.39 is 0 Å². The number of rotatable bonds is 5. The molecule has 0 radical (unpaired) electrons. The van der Waals surface area contributed by atoms with Crippen molar-refractivity contribution in [2.45, 2.75) is 13.3 Å². The van der Waals surface area contributed by atoms with Gasteiger partial charge in [0.25, 0.3) is 0 Å². The standard InChI is InChI=1S/C14H13N3S.C9H10O.CH2O/c1-15-14-10-12(13-8-5-9-18-13)16-17(14)11-6-3-2-4-7-11;1-2-8-3-5-9(7-10)6-4-8;1-2/h2-10,15H,1H3;3-7H,2H2,1H3;1H2. The molecule has 0 amide bonds. The van der Waals surface area contributed by atoms with Crippen LogP contribution in [0.3, 0.4) is 0 Å². The Morgan fingerprint density at radius 1 is 1.03 bits per heavy atom. The first-order chi connectivity index (χ1) is 14.7. The van der Waals surface area contributed by atoms with Gasteiger partial charge in [-0.3, -0.25) is 4.79 Å². The Bertz CT molecular complexity index is 1010. The second kappa shape index (κ2) is 12.1. The third-order valence-corrected chi connectivity index (χ3v) is 5.16. The third-order valence-electron chi connectivity index (χ3n) is 4.26. The van der Waals surface area contributed by atoms with Crippen molar-refractivity contribution in [3.63, 3.8) is 0 Å². The average molecular weight is 420 g/mol. The maximum Gasteiger partial charge on any atom is 0.150 e. The van der Waals surface area contributed by atoms with Crippen LogP contribution in [0.4, 0.5) is 5.82 Å². The molecule has 2 heterocycles. The predicted molar refractivity (Wildman–Crippen MR) is 125 cm³/mol. The number of hydrogen-bond donors (Lipinski definition) is 1. The summed E-state index contributed by atoms with van der Waals surface area (Å²) in [5, 5.41) is 9.91. The molecule has 4 aromatic rings. The zero-order valence-corrected chi connectivity index (χ0v) is 17.9. The molecule has 0 aliphatic carbocycles. The molecule has 30 heavy (non-hydrogen) atoms. The zero-order chi connectivity index (χ0) is 21.8. The van der Waals surface area contributed by atoms with Crippen LogP contribution < -0.4 is 5.32 Å². The van der Waals surface area contributed by atoms with Crippen LogP contribution in [-0.2, 0) is 11.2 Å². The van der Waals surface area contributed by atoms with Gasteiger partial charge in [0.2, 0.25) is 0 Å². The number of carbonyl (C=O) groups excluding carboxylic acids is 2. The van der Waals surface area contributed by atoms with E-state index in [1.807, 2.05) is 79.2 Å². The maximum absolute atomic E-state index is 10.2. The third kappa shape index (κ3) is 5.99. The Hall–Kier alpha value is -3.51. The van der Waals surface area contributed by atoms with Crippen molar-refractivity contribution in [1.29, 1.82) is 0 Å². The SMILES string of the molecule is C=O.CCc1ccc(C=O)cc1.CNc1cc(-c2cccs2)nn1-c1ccccc1. The van der Waals surface area contributed by atoms with Crippen LogP contribution in [0.2, 0.25) is 0 Å². The highest BCUT2D eigenvalue weighted by molar-refractivity contribution is 7.13. The number of hydrogen-bond acceptors (Lipinski definition) is 5. The van der Waals surface area contributed by atoms with Gasteiger partial charge in [-0.25, -0.2) is 4.68 Å². The Morgan fingerprint density at radius 2 is 1.73 bits per heavy atom. The smallest absolute Gasteiger partial charge is 0.150 e. The number of aldehydes is 1. The molecule has 0 fully saturated rings. The number of nitrogens with zero attached hydrogens (tertiary/aromatic N) is 2. The first-order valence-electron chi connectivity index (χ1n) is 9.45. The highest BCUT2D eigenvalue weighted by Crippen LogP contribution is 2.27. The fourth-order valence-electron chi connectivity index (χ4n) is 2.70. The summed E-state index contributed by atoms with van der Waals surface area (Å²) in [6.45, 7) is 4.09. The monoisotopic (exact) mass is 419 g/mol. The van der Waals surface area contributed by atoms with E-state index in [4.69, 9.17) is 4.79 Å². The molecular formula is C24H25N3O2S. The lowest BCUT2D eigenvalue weighted by atomic mass is 10.1. The highest BCUT2D eigenvalue weighted by Gasteiger charge is 2.10. The summed E-state index contributed by atoms with van der Waals surface area (Å²) in [4.78, 5) is 19.4.